The van der Waals surface area contributed by atoms with Gasteiger partial charge in [0.2, 0.25) is 0 Å². The summed E-state index contributed by atoms with van der Waals surface area (Å²) in [5.41, 5.74) is 7.22. The van der Waals surface area contributed by atoms with Crippen LogP contribution in [0.25, 0.3) is 0 Å². The summed E-state index contributed by atoms with van der Waals surface area (Å²) in [5.74, 6) is -0.748. The van der Waals surface area contributed by atoms with Crippen LogP contribution in [-0.4, -0.2) is 25.0 Å². The van der Waals surface area contributed by atoms with E-state index in [1.807, 2.05) is 30.3 Å². The number of nitrogens with one attached hydrogen (secondary N) is 1. The van der Waals surface area contributed by atoms with Gasteiger partial charge in [0.15, 0.2) is 0 Å². The van der Waals surface area contributed by atoms with Crippen LogP contribution in [0.4, 0.5) is 11.4 Å². The lowest BCUT2D eigenvalue weighted by Gasteiger charge is -2.12. The standard InChI is InChI=1S/C20H20ClN3O4S/c1-2-28-20(25)18-10-14(12-23-16-6-4-3-5-7-16)13-24(18)29(26,27)19-11-15(21)8-9-17(19)22/h3-11,13,23H,2,12,22H2,1H3. The van der Waals surface area contributed by atoms with E-state index < -0.39 is 16.0 Å². The van der Waals surface area contributed by atoms with Crippen LogP contribution in [0.5, 0.6) is 0 Å². The Labute approximate surface area is 174 Å². The third kappa shape index (κ3) is 4.55. The van der Waals surface area contributed by atoms with Crippen molar-refractivity contribution in [3.63, 3.8) is 0 Å². The molecule has 0 bridgehead atoms. The van der Waals surface area contributed by atoms with Gasteiger partial charge >= 0.3 is 5.97 Å². The number of aromatic nitrogens is 1. The zero-order chi connectivity index (χ0) is 21.0. The Morgan fingerprint density at radius 2 is 1.90 bits per heavy atom. The number of anilines is 2. The van der Waals surface area contributed by atoms with E-state index in [0.29, 0.717) is 12.1 Å². The van der Waals surface area contributed by atoms with Crippen molar-refractivity contribution in [1.29, 1.82) is 0 Å². The Morgan fingerprint density at radius 1 is 1.17 bits per heavy atom. The van der Waals surface area contributed by atoms with Crippen molar-refractivity contribution in [2.24, 2.45) is 0 Å². The van der Waals surface area contributed by atoms with E-state index in [1.54, 1.807) is 6.92 Å². The van der Waals surface area contributed by atoms with Crippen LogP contribution in [0.1, 0.15) is 23.0 Å². The predicted molar refractivity (Wildman–Crippen MR) is 113 cm³/mol. The van der Waals surface area contributed by atoms with Gasteiger partial charge in [-0.3, -0.25) is 0 Å². The Kier molecular flexibility index (Phi) is 6.14. The van der Waals surface area contributed by atoms with Crippen LogP contribution in [-0.2, 0) is 21.3 Å². The van der Waals surface area contributed by atoms with E-state index in [9.17, 15) is 13.2 Å². The predicted octanol–water partition coefficient (Wildman–Crippen LogP) is 3.75. The molecule has 0 aliphatic carbocycles. The molecule has 0 saturated heterocycles. The van der Waals surface area contributed by atoms with E-state index in [2.05, 4.69) is 5.32 Å². The molecule has 0 radical (unpaired) electrons. The highest BCUT2D eigenvalue weighted by molar-refractivity contribution is 7.90. The van der Waals surface area contributed by atoms with E-state index in [-0.39, 0.29) is 27.9 Å². The third-order valence-electron chi connectivity index (χ3n) is 4.11. The first-order chi connectivity index (χ1) is 13.8. The molecule has 0 amide bonds. The monoisotopic (exact) mass is 433 g/mol. The SMILES string of the molecule is CCOC(=O)c1cc(CNc2ccccc2)cn1S(=O)(=O)c1cc(Cl)ccc1N. The molecular weight excluding hydrogens is 414 g/mol. The van der Waals surface area contributed by atoms with E-state index in [0.717, 1.165) is 9.66 Å². The summed E-state index contributed by atoms with van der Waals surface area (Å²) in [6.07, 6.45) is 1.37. The second-order valence-corrected chi connectivity index (χ2v) is 8.38. The Bertz CT molecular complexity index is 1130. The topological polar surface area (TPSA) is 103 Å². The molecule has 2 aromatic carbocycles. The minimum absolute atomic E-state index is 0.0295. The van der Waals surface area contributed by atoms with Crippen LogP contribution in [0.2, 0.25) is 5.02 Å². The maximum Gasteiger partial charge on any atom is 0.356 e. The summed E-state index contributed by atoms with van der Waals surface area (Å²) in [6, 6.07) is 15.0. The number of nitrogens with zero attached hydrogens (tertiary/aromatic N) is 1. The summed E-state index contributed by atoms with van der Waals surface area (Å²) in [4.78, 5) is 12.2. The maximum absolute atomic E-state index is 13.2. The first kappa shape index (κ1) is 20.8. The Balaban J connectivity index is 2.02. The summed E-state index contributed by atoms with van der Waals surface area (Å²) in [6.45, 7) is 2.07. The number of halogens is 1. The summed E-state index contributed by atoms with van der Waals surface area (Å²) in [5, 5.41) is 3.39. The molecule has 0 aliphatic heterocycles. The molecule has 29 heavy (non-hydrogen) atoms. The van der Waals surface area contributed by atoms with Crippen molar-refractivity contribution >= 4 is 39.0 Å². The number of hydrogen-bond donors (Lipinski definition) is 2. The quantitative estimate of drug-likeness (QED) is 0.434. The van der Waals surface area contributed by atoms with Gasteiger partial charge in [0.25, 0.3) is 10.0 Å². The largest absolute Gasteiger partial charge is 0.461 e. The van der Waals surface area contributed by atoms with Crippen molar-refractivity contribution < 1.29 is 17.9 Å². The fourth-order valence-electron chi connectivity index (χ4n) is 2.74. The molecule has 3 rings (SSSR count). The van der Waals surface area contributed by atoms with Crippen molar-refractivity contribution in [1.82, 2.24) is 3.97 Å². The first-order valence-electron chi connectivity index (χ1n) is 8.81. The molecule has 0 unspecified atom stereocenters. The summed E-state index contributed by atoms with van der Waals surface area (Å²) >= 11 is 5.95. The lowest BCUT2D eigenvalue weighted by Crippen LogP contribution is -2.20. The number of carbonyl (C=O) groups is 1. The molecular formula is C20H20ClN3O4S. The lowest BCUT2D eigenvalue weighted by atomic mass is 10.2. The van der Waals surface area contributed by atoms with Crippen molar-refractivity contribution in [3.05, 3.63) is 77.1 Å². The van der Waals surface area contributed by atoms with Crippen LogP contribution in [0.15, 0.2) is 65.7 Å². The van der Waals surface area contributed by atoms with Gasteiger partial charge in [-0.25, -0.2) is 17.2 Å². The van der Waals surface area contributed by atoms with E-state index in [4.69, 9.17) is 22.1 Å². The number of rotatable bonds is 7. The zero-order valence-corrected chi connectivity index (χ0v) is 17.2. The normalized spacial score (nSPS) is 11.2. The molecule has 3 N–H and O–H groups in total. The average Bonchev–Trinajstić information content (AvgIpc) is 3.14. The molecule has 0 atom stereocenters. The summed E-state index contributed by atoms with van der Waals surface area (Å²) < 4.78 is 32.4. The number of ether oxygens (including phenoxy) is 1. The number of benzene rings is 2. The maximum atomic E-state index is 13.2. The van der Waals surface area contributed by atoms with Gasteiger partial charge in [-0.05, 0) is 48.9 Å². The molecule has 0 aliphatic rings. The number of nitrogens with two attached hydrogens (primary N) is 1. The number of para-hydroxylation sites is 1. The number of carbonyl (C=O) groups excluding carboxylic acids is 1. The van der Waals surface area contributed by atoms with Crippen molar-refractivity contribution in [2.45, 2.75) is 18.4 Å². The van der Waals surface area contributed by atoms with E-state index in [1.165, 1.54) is 30.5 Å². The van der Waals surface area contributed by atoms with Gasteiger partial charge in [0.1, 0.15) is 10.6 Å². The molecule has 152 valence electrons. The minimum Gasteiger partial charge on any atom is -0.461 e. The third-order valence-corrected chi connectivity index (χ3v) is 6.07. The molecule has 0 saturated carbocycles. The molecule has 1 aromatic heterocycles. The first-order valence-corrected chi connectivity index (χ1v) is 10.6. The van der Waals surface area contributed by atoms with Crippen LogP contribution < -0.4 is 11.1 Å². The number of nitrogen functional groups attached to an aromatic ring is 1. The second kappa shape index (κ2) is 8.59. The minimum atomic E-state index is -4.17. The van der Waals surface area contributed by atoms with Crippen molar-refractivity contribution in [2.75, 3.05) is 17.7 Å². The van der Waals surface area contributed by atoms with Gasteiger partial charge < -0.3 is 15.8 Å². The van der Waals surface area contributed by atoms with Crippen molar-refractivity contribution in [3.8, 4) is 0 Å². The Hall–Kier alpha value is -2.97. The Morgan fingerprint density at radius 3 is 2.59 bits per heavy atom. The average molecular weight is 434 g/mol. The van der Waals surface area contributed by atoms with Gasteiger partial charge in [-0.2, -0.15) is 0 Å². The molecule has 0 spiro atoms. The van der Waals surface area contributed by atoms with Gasteiger partial charge in [-0.1, -0.05) is 29.8 Å². The number of esters is 1. The molecule has 9 heteroatoms. The van der Waals surface area contributed by atoms with Gasteiger partial charge in [0.05, 0.1) is 12.3 Å². The molecule has 1 heterocycles. The van der Waals surface area contributed by atoms with Gasteiger partial charge in [0, 0.05) is 23.5 Å². The highest BCUT2D eigenvalue weighted by Crippen LogP contribution is 2.27. The lowest BCUT2D eigenvalue weighted by molar-refractivity contribution is 0.0518. The van der Waals surface area contributed by atoms with Crippen LogP contribution in [0, 0.1) is 0 Å². The second-order valence-electron chi connectivity index (χ2n) is 6.16. The molecule has 0 fully saturated rings. The molecule has 3 aromatic rings. The smallest absolute Gasteiger partial charge is 0.356 e. The van der Waals surface area contributed by atoms with Crippen LogP contribution >= 0.6 is 11.6 Å². The van der Waals surface area contributed by atoms with E-state index >= 15 is 0 Å². The highest BCUT2D eigenvalue weighted by Gasteiger charge is 2.27. The van der Waals surface area contributed by atoms with Gasteiger partial charge in [-0.15, -0.1) is 0 Å². The molecule has 7 nitrogen and oxygen atoms in total. The zero-order valence-electron chi connectivity index (χ0n) is 15.6. The fourth-order valence-corrected chi connectivity index (χ4v) is 4.49. The highest BCUT2D eigenvalue weighted by atomic mass is 35.5. The summed E-state index contributed by atoms with van der Waals surface area (Å²) in [7, 11) is -4.17. The fraction of sp³-hybridized carbons (Fsp3) is 0.150. The van der Waals surface area contributed by atoms with Crippen LogP contribution in [0.3, 0.4) is 0 Å². The number of hydrogen-bond acceptors (Lipinski definition) is 6.